The van der Waals surface area contributed by atoms with E-state index in [-0.39, 0.29) is 0 Å². The van der Waals surface area contributed by atoms with E-state index in [4.69, 9.17) is 0 Å². The number of aryl methyl sites for hydroxylation is 1. The van der Waals surface area contributed by atoms with Crippen LogP contribution < -0.4 is 0 Å². The maximum atomic E-state index is 10.9. The predicted octanol–water partition coefficient (Wildman–Crippen LogP) is 1.92. The van der Waals surface area contributed by atoms with Crippen LogP contribution in [-0.4, -0.2) is 24.3 Å². The molecule has 0 aliphatic rings. The number of halogens is 1. The van der Waals surface area contributed by atoms with Crippen molar-refractivity contribution in [3.63, 3.8) is 0 Å². The molecule has 0 amide bonds. The molecule has 0 aromatic heterocycles. The summed E-state index contributed by atoms with van der Waals surface area (Å²) < 4.78 is 5.44. The van der Waals surface area contributed by atoms with Crippen LogP contribution in [0.2, 0.25) is 0 Å². The highest BCUT2D eigenvalue weighted by molar-refractivity contribution is 9.10. The fourth-order valence-electron chi connectivity index (χ4n) is 1.21. The van der Waals surface area contributed by atoms with Crippen molar-refractivity contribution in [1.29, 1.82) is 0 Å². The summed E-state index contributed by atoms with van der Waals surface area (Å²) in [7, 11) is 1.27. The number of benzene rings is 1. The summed E-state index contributed by atoms with van der Waals surface area (Å²) in [6.07, 6.45) is 0.0105. The lowest BCUT2D eigenvalue weighted by molar-refractivity contribution is -0.150. The van der Waals surface area contributed by atoms with E-state index in [0.717, 1.165) is 10.0 Å². The van der Waals surface area contributed by atoms with Crippen LogP contribution in [0.3, 0.4) is 0 Å². The lowest BCUT2D eigenvalue weighted by Crippen LogP contribution is -2.22. The van der Waals surface area contributed by atoms with Gasteiger partial charge in [-0.3, -0.25) is 0 Å². The Hall–Kier alpha value is -0.870. The Morgan fingerprint density at radius 1 is 1.47 bits per heavy atom. The number of aliphatic hydroxyl groups excluding tert-OH is 1. The number of aliphatic hydroxyl groups is 1. The van der Waals surface area contributed by atoms with Crippen molar-refractivity contribution >= 4 is 21.9 Å². The predicted molar refractivity (Wildman–Crippen MR) is 60.5 cm³/mol. The second-order valence-electron chi connectivity index (χ2n) is 3.20. The molecule has 1 N–H and O–H groups in total. The number of ether oxygens (including phenoxy) is 1. The number of hydrogen-bond donors (Lipinski definition) is 1. The number of carbonyl (C=O) groups excluding carboxylic acids is 1. The standard InChI is InChI=1S/C11H13BrO3/c1-15-11(14)10(13)7-4-8-2-5-9(12)6-3-8/h2-3,5-6,10,13H,4,7H2,1H3. The number of carbonyl (C=O) groups is 1. The Bertz CT molecular complexity index is 321. The zero-order valence-electron chi connectivity index (χ0n) is 8.44. The van der Waals surface area contributed by atoms with Crippen molar-refractivity contribution in [2.24, 2.45) is 0 Å². The minimum Gasteiger partial charge on any atom is -0.467 e. The smallest absolute Gasteiger partial charge is 0.334 e. The van der Waals surface area contributed by atoms with Gasteiger partial charge in [-0.1, -0.05) is 28.1 Å². The van der Waals surface area contributed by atoms with Crippen LogP contribution in [0.5, 0.6) is 0 Å². The highest BCUT2D eigenvalue weighted by Crippen LogP contribution is 2.12. The maximum absolute atomic E-state index is 10.9. The first-order valence-corrected chi connectivity index (χ1v) is 5.43. The molecule has 0 aliphatic heterocycles. The van der Waals surface area contributed by atoms with E-state index < -0.39 is 12.1 Å². The SMILES string of the molecule is COC(=O)C(O)CCc1ccc(Br)cc1. The Kier molecular flexibility index (Phi) is 4.78. The molecule has 0 heterocycles. The van der Waals surface area contributed by atoms with Crippen molar-refractivity contribution in [2.75, 3.05) is 7.11 Å². The molecule has 1 atom stereocenters. The molecule has 15 heavy (non-hydrogen) atoms. The first-order chi connectivity index (χ1) is 7.13. The molecule has 4 heteroatoms. The van der Waals surface area contributed by atoms with E-state index in [2.05, 4.69) is 20.7 Å². The summed E-state index contributed by atoms with van der Waals surface area (Å²) in [6, 6.07) is 7.77. The summed E-state index contributed by atoms with van der Waals surface area (Å²) in [6.45, 7) is 0. The van der Waals surface area contributed by atoms with Gasteiger partial charge >= 0.3 is 5.97 Å². The molecule has 0 aliphatic carbocycles. The average molecular weight is 273 g/mol. The first kappa shape index (κ1) is 12.2. The zero-order valence-corrected chi connectivity index (χ0v) is 10.0. The molecule has 1 rings (SSSR count). The Morgan fingerprint density at radius 2 is 2.07 bits per heavy atom. The molecule has 0 spiro atoms. The van der Waals surface area contributed by atoms with E-state index >= 15 is 0 Å². The molecule has 0 radical (unpaired) electrons. The van der Waals surface area contributed by atoms with Gasteiger partial charge in [0.2, 0.25) is 0 Å². The molecule has 0 bridgehead atoms. The van der Waals surface area contributed by atoms with Crippen LogP contribution in [0.15, 0.2) is 28.7 Å². The molecular weight excluding hydrogens is 260 g/mol. The van der Waals surface area contributed by atoms with E-state index in [1.54, 1.807) is 0 Å². The fourth-order valence-corrected chi connectivity index (χ4v) is 1.47. The van der Waals surface area contributed by atoms with Gasteiger partial charge in [0.1, 0.15) is 0 Å². The molecule has 82 valence electrons. The number of rotatable bonds is 4. The van der Waals surface area contributed by atoms with Gasteiger partial charge in [-0.05, 0) is 30.5 Å². The normalized spacial score (nSPS) is 12.2. The lowest BCUT2D eigenvalue weighted by atomic mass is 10.1. The first-order valence-electron chi connectivity index (χ1n) is 4.64. The number of esters is 1. The van der Waals surface area contributed by atoms with Crippen LogP contribution in [0.1, 0.15) is 12.0 Å². The number of hydrogen-bond acceptors (Lipinski definition) is 3. The third kappa shape index (κ3) is 4.01. The van der Waals surface area contributed by atoms with Gasteiger partial charge in [0.05, 0.1) is 7.11 Å². The minimum atomic E-state index is -1.03. The van der Waals surface area contributed by atoms with Gasteiger partial charge in [0, 0.05) is 4.47 Å². The van der Waals surface area contributed by atoms with Crippen LogP contribution in [0.25, 0.3) is 0 Å². The summed E-state index contributed by atoms with van der Waals surface area (Å²) in [5.74, 6) is -0.577. The Balaban J connectivity index is 2.43. The largest absolute Gasteiger partial charge is 0.467 e. The van der Waals surface area contributed by atoms with Gasteiger partial charge in [-0.25, -0.2) is 4.79 Å². The fraction of sp³-hybridized carbons (Fsp3) is 0.364. The van der Waals surface area contributed by atoms with Gasteiger partial charge < -0.3 is 9.84 Å². The summed E-state index contributed by atoms with van der Waals surface area (Å²) in [4.78, 5) is 10.9. The molecule has 0 saturated heterocycles. The molecule has 3 nitrogen and oxygen atoms in total. The minimum absolute atomic E-state index is 0.383. The average Bonchev–Trinajstić information content (AvgIpc) is 2.26. The molecular formula is C11H13BrO3. The lowest BCUT2D eigenvalue weighted by Gasteiger charge is -2.07. The van der Waals surface area contributed by atoms with Crippen molar-refractivity contribution in [3.05, 3.63) is 34.3 Å². The topological polar surface area (TPSA) is 46.5 Å². The monoisotopic (exact) mass is 272 g/mol. The van der Waals surface area contributed by atoms with Gasteiger partial charge in [0.25, 0.3) is 0 Å². The van der Waals surface area contributed by atoms with Crippen LogP contribution in [0, 0.1) is 0 Å². The van der Waals surface area contributed by atoms with Crippen LogP contribution >= 0.6 is 15.9 Å². The van der Waals surface area contributed by atoms with Gasteiger partial charge in [-0.2, -0.15) is 0 Å². The Labute approximate surface area is 97.2 Å². The third-order valence-electron chi connectivity index (χ3n) is 2.09. The van der Waals surface area contributed by atoms with Crippen molar-refractivity contribution in [3.8, 4) is 0 Å². The van der Waals surface area contributed by atoms with Crippen LogP contribution in [-0.2, 0) is 16.0 Å². The molecule has 1 unspecified atom stereocenters. The molecule has 1 aromatic carbocycles. The highest BCUT2D eigenvalue weighted by atomic mass is 79.9. The summed E-state index contributed by atoms with van der Waals surface area (Å²) in [5, 5.41) is 9.35. The van der Waals surface area contributed by atoms with Crippen LogP contribution in [0.4, 0.5) is 0 Å². The van der Waals surface area contributed by atoms with E-state index in [1.165, 1.54) is 7.11 Å². The van der Waals surface area contributed by atoms with E-state index in [1.807, 2.05) is 24.3 Å². The van der Waals surface area contributed by atoms with Crippen molar-refractivity contribution < 1.29 is 14.6 Å². The Morgan fingerprint density at radius 3 is 2.60 bits per heavy atom. The molecule has 0 fully saturated rings. The van der Waals surface area contributed by atoms with Crippen molar-refractivity contribution in [1.82, 2.24) is 0 Å². The third-order valence-corrected chi connectivity index (χ3v) is 2.62. The summed E-state index contributed by atoms with van der Waals surface area (Å²) in [5.41, 5.74) is 1.08. The van der Waals surface area contributed by atoms with Gasteiger partial charge in [-0.15, -0.1) is 0 Å². The molecule has 1 aromatic rings. The molecule has 0 saturated carbocycles. The quantitative estimate of drug-likeness (QED) is 0.852. The van der Waals surface area contributed by atoms with E-state index in [0.29, 0.717) is 12.8 Å². The summed E-state index contributed by atoms with van der Waals surface area (Å²) >= 11 is 3.34. The van der Waals surface area contributed by atoms with Gasteiger partial charge in [0.15, 0.2) is 6.10 Å². The number of methoxy groups -OCH3 is 1. The van der Waals surface area contributed by atoms with E-state index in [9.17, 15) is 9.90 Å². The highest BCUT2D eigenvalue weighted by Gasteiger charge is 2.14. The maximum Gasteiger partial charge on any atom is 0.334 e. The second kappa shape index (κ2) is 5.88. The zero-order chi connectivity index (χ0) is 11.3. The second-order valence-corrected chi connectivity index (χ2v) is 4.12. The van der Waals surface area contributed by atoms with Crippen molar-refractivity contribution in [2.45, 2.75) is 18.9 Å².